The van der Waals surface area contributed by atoms with Crippen LogP contribution >= 0.6 is 0 Å². The Morgan fingerprint density at radius 2 is 1.77 bits per heavy atom. The molecule has 1 fully saturated rings. The first-order chi connectivity index (χ1) is 12.3. The van der Waals surface area contributed by atoms with Crippen LogP contribution in [0.3, 0.4) is 0 Å². The molecule has 1 aliphatic heterocycles. The molecule has 0 unspecified atom stereocenters. The van der Waals surface area contributed by atoms with Crippen molar-refractivity contribution in [3.63, 3.8) is 0 Å². The summed E-state index contributed by atoms with van der Waals surface area (Å²) in [4.78, 5) is 9.24. The lowest BCUT2D eigenvalue weighted by atomic mass is 9.80. The normalized spacial score (nSPS) is 19.5. The van der Waals surface area contributed by atoms with Gasteiger partial charge in [-0.2, -0.15) is 4.98 Å². The predicted molar refractivity (Wildman–Crippen MR) is 107 cm³/mol. The molecule has 2 N–H and O–H groups in total. The Labute approximate surface area is 154 Å². The molecule has 3 heterocycles. The third kappa shape index (κ3) is 3.44. The van der Waals surface area contributed by atoms with Crippen molar-refractivity contribution < 1.29 is 0 Å². The van der Waals surface area contributed by atoms with Crippen molar-refractivity contribution in [3.05, 3.63) is 48.8 Å². The van der Waals surface area contributed by atoms with Crippen LogP contribution in [0.4, 0.5) is 5.95 Å². The maximum Gasteiger partial charge on any atom is 0.224 e. The molecule has 2 aromatic heterocycles. The van der Waals surface area contributed by atoms with Gasteiger partial charge in [0.15, 0.2) is 0 Å². The van der Waals surface area contributed by atoms with Crippen LogP contribution in [-0.2, 0) is 0 Å². The first-order valence-electron chi connectivity index (χ1n) is 9.27. The molecule has 0 atom stereocenters. The molecule has 1 aromatic carbocycles. The fraction of sp³-hybridized carbons (Fsp3) is 0.429. The standard InChI is InChI=1S/C21H27N5/c1-20(2)13-16(14-21(3,4)25-20)23-19-22-11-9-18(24-19)26-12-10-15-7-5-6-8-17(15)26/h5-12,16,25H,13-14H2,1-4H3,(H,22,23,24). The van der Waals surface area contributed by atoms with Crippen LogP contribution in [0.15, 0.2) is 48.8 Å². The monoisotopic (exact) mass is 349 g/mol. The van der Waals surface area contributed by atoms with Gasteiger partial charge in [0.1, 0.15) is 5.82 Å². The van der Waals surface area contributed by atoms with Gasteiger partial charge in [-0.3, -0.25) is 0 Å². The van der Waals surface area contributed by atoms with E-state index in [1.165, 1.54) is 5.39 Å². The molecule has 1 aliphatic rings. The summed E-state index contributed by atoms with van der Waals surface area (Å²) in [5.74, 6) is 1.58. The van der Waals surface area contributed by atoms with Gasteiger partial charge in [-0.25, -0.2) is 4.98 Å². The largest absolute Gasteiger partial charge is 0.351 e. The van der Waals surface area contributed by atoms with E-state index >= 15 is 0 Å². The van der Waals surface area contributed by atoms with Crippen molar-refractivity contribution in [1.82, 2.24) is 19.9 Å². The van der Waals surface area contributed by atoms with Gasteiger partial charge in [0, 0.05) is 29.5 Å². The van der Waals surface area contributed by atoms with Gasteiger partial charge in [0.05, 0.1) is 5.52 Å². The van der Waals surface area contributed by atoms with Crippen LogP contribution in [0, 0.1) is 0 Å². The van der Waals surface area contributed by atoms with Gasteiger partial charge in [0.25, 0.3) is 0 Å². The van der Waals surface area contributed by atoms with Crippen molar-refractivity contribution in [2.45, 2.75) is 57.7 Å². The molecule has 0 saturated carbocycles. The lowest BCUT2D eigenvalue weighted by molar-refractivity contribution is 0.170. The van der Waals surface area contributed by atoms with Gasteiger partial charge in [-0.15, -0.1) is 0 Å². The molecule has 0 spiro atoms. The topological polar surface area (TPSA) is 54.8 Å². The summed E-state index contributed by atoms with van der Waals surface area (Å²) in [6.45, 7) is 9.02. The minimum absolute atomic E-state index is 0.0909. The van der Waals surface area contributed by atoms with Crippen LogP contribution in [0.25, 0.3) is 16.7 Å². The Morgan fingerprint density at radius 1 is 1.04 bits per heavy atom. The maximum absolute atomic E-state index is 4.78. The summed E-state index contributed by atoms with van der Waals surface area (Å²) in [6, 6.07) is 12.8. The van der Waals surface area contributed by atoms with E-state index in [1.54, 1.807) is 0 Å². The number of piperidine rings is 1. The van der Waals surface area contributed by atoms with Crippen molar-refractivity contribution in [3.8, 4) is 5.82 Å². The number of nitrogens with one attached hydrogen (secondary N) is 2. The number of benzene rings is 1. The molecule has 5 nitrogen and oxygen atoms in total. The zero-order chi connectivity index (χ0) is 18.4. The second-order valence-electron chi connectivity index (χ2n) is 8.63. The second-order valence-corrected chi connectivity index (χ2v) is 8.63. The van der Waals surface area contributed by atoms with Gasteiger partial charge in [-0.05, 0) is 64.1 Å². The SMILES string of the molecule is CC1(C)CC(Nc2nccc(-n3ccc4ccccc43)n2)CC(C)(C)N1. The van der Waals surface area contributed by atoms with Gasteiger partial charge in [-0.1, -0.05) is 18.2 Å². The quantitative estimate of drug-likeness (QED) is 0.746. The van der Waals surface area contributed by atoms with E-state index in [9.17, 15) is 0 Å². The van der Waals surface area contributed by atoms with Crippen molar-refractivity contribution in [2.24, 2.45) is 0 Å². The molecule has 0 radical (unpaired) electrons. The number of nitrogens with zero attached hydrogens (tertiary/aromatic N) is 3. The number of fused-ring (bicyclic) bond motifs is 1. The van der Waals surface area contributed by atoms with Crippen LogP contribution in [-0.4, -0.2) is 31.7 Å². The molecule has 136 valence electrons. The number of hydrogen-bond donors (Lipinski definition) is 2. The third-order valence-electron chi connectivity index (χ3n) is 5.01. The highest BCUT2D eigenvalue weighted by atomic mass is 15.2. The number of para-hydroxylation sites is 1. The summed E-state index contributed by atoms with van der Waals surface area (Å²) in [7, 11) is 0. The van der Waals surface area contributed by atoms with E-state index in [4.69, 9.17) is 4.98 Å². The summed E-state index contributed by atoms with van der Waals surface area (Å²) in [6.07, 6.45) is 5.97. The Bertz CT molecular complexity index is 909. The molecule has 5 heteroatoms. The summed E-state index contributed by atoms with van der Waals surface area (Å²) >= 11 is 0. The third-order valence-corrected chi connectivity index (χ3v) is 5.01. The molecule has 0 aliphatic carbocycles. The Kier molecular flexibility index (Phi) is 3.99. The molecule has 1 saturated heterocycles. The van der Waals surface area contributed by atoms with E-state index in [2.05, 4.69) is 84.4 Å². The van der Waals surface area contributed by atoms with Crippen molar-refractivity contribution >= 4 is 16.9 Å². The molecular formula is C21H27N5. The van der Waals surface area contributed by atoms with Gasteiger partial charge in [0.2, 0.25) is 5.95 Å². The molecule has 26 heavy (non-hydrogen) atoms. The average Bonchev–Trinajstić information content (AvgIpc) is 2.96. The lowest BCUT2D eigenvalue weighted by Gasteiger charge is -2.46. The fourth-order valence-corrected chi connectivity index (χ4v) is 4.44. The number of hydrogen-bond acceptors (Lipinski definition) is 4. The molecule has 3 aromatic rings. The van der Waals surface area contributed by atoms with Crippen LogP contribution in [0.5, 0.6) is 0 Å². The van der Waals surface area contributed by atoms with E-state index in [0.29, 0.717) is 12.0 Å². The zero-order valence-corrected chi connectivity index (χ0v) is 16.0. The van der Waals surface area contributed by atoms with E-state index in [1.807, 2.05) is 12.3 Å². The highest BCUT2D eigenvalue weighted by Gasteiger charge is 2.37. The summed E-state index contributed by atoms with van der Waals surface area (Å²) < 4.78 is 2.11. The number of aromatic nitrogens is 3. The molecule has 0 amide bonds. The first-order valence-corrected chi connectivity index (χ1v) is 9.27. The Balaban J connectivity index is 1.60. The van der Waals surface area contributed by atoms with Crippen LogP contribution < -0.4 is 10.6 Å². The number of rotatable bonds is 3. The highest BCUT2D eigenvalue weighted by Crippen LogP contribution is 2.30. The predicted octanol–water partition coefficient (Wildman–Crippen LogP) is 4.14. The first kappa shape index (κ1) is 17.0. The zero-order valence-electron chi connectivity index (χ0n) is 16.0. The Hall–Kier alpha value is -2.40. The van der Waals surface area contributed by atoms with E-state index in [0.717, 1.165) is 24.2 Å². The molecule has 4 rings (SSSR count). The summed E-state index contributed by atoms with van der Waals surface area (Å²) in [5.41, 5.74) is 1.34. The Morgan fingerprint density at radius 3 is 2.54 bits per heavy atom. The minimum Gasteiger partial charge on any atom is -0.351 e. The highest BCUT2D eigenvalue weighted by molar-refractivity contribution is 5.81. The second kappa shape index (κ2) is 6.09. The molecular weight excluding hydrogens is 322 g/mol. The lowest BCUT2D eigenvalue weighted by Crippen LogP contribution is -2.60. The van der Waals surface area contributed by atoms with E-state index in [-0.39, 0.29) is 11.1 Å². The average molecular weight is 349 g/mol. The maximum atomic E-state index is 4.78. The van der Waals surface area contributed by atoms with Crippen LogP contribution in [0.1, 0.15) is 40.5 Å². The van der Waals surface area contributed by atoms with E-state index < -0.39 is 0 Å². The summed E-state index contributed by atoms with van der Waals surface area (Å²) in [5, 5.41) is 8.49. The van der Waals surface area contributed by atoms with Gasteiger partial charge < -0.3 is 15.2 Å². The van der Waals surface area contributed by atoms with Crippen molar-refractivity contribution in [1.29, 1.82) is 0 Å². The molecule has 0 bridgehead atoms. The van der Waals surface area contributed by atoms with Crippen LogP contribution in [0.2, 0.25) is 0 Å². The smallest absolute Gasteiger partial charge is 0.224 e. The fourth-order valence-electron chi connectivity index (χ4n) is 4.44. The number of anilines is 1. The minimum atomic E-state index is 0.0909. The van der Waals surface area contributed by atoms with Gasteiger partial charge >= 0.3 is 0 Å². The van der Waals surface area contributed by atoms with Crippen molar-refractivity contribution in [2.75, 3.05) is 5.32 Å².